The summed E-state index contributed by atoms with van der Waals surface area (Å²) in [5, 5.41) is 2.95. The zero-order valence-corrected chi connectivity index (χ0v) is 20.8. The van der Waals surface area contributed by atoms with Crippen molar-refractivity contribution in [2.45, 2.75) is 20.0 Å². The number of amides is 1. The molecule has 192 valence electrons. The molecule has 3 aromatic carbocycles. The molecule has 4 aromatic rings. The van der Waals surface area contributed by atoms with Crippen LogP contribution in [0, 0.1) is 13.8 Å². The molecule has 0 atom stereocenters. The number of benzene rings is 3. The molecule has 1 amide bonds. The first kappa shape index (κ1) is 26.4. The lowest BCUT2D eigenvalue weighted by Crippen LogP contribution is -2.20. The predicted molar refractivity (Wildman–Crippen MR) is 134 cm³/mol. The van der Waals surface area contributed by atoms with Crippen LogP contribution in [0.2, 0.25) is 10.0 Å². The van der Waals surface area contributed by atoms with E-state index >= 15 is 0 Å². The summed E-state index contributed by atoms with van der Waals surface area (Å²) >= 11 is 11.8. The zero-order valence-electron chi connectivity index (χ0n) is 19.3. The van der Waals surface area contributed by atoms with Gasteiger partial charge in [-0.3, -0.25) is 9.59 Å². The van der Waals surface area contributed by atoms with Crippen LogP contribution >= 0.6 is 23.2 Å². The summed E-state index contributed by atoms with van der Waals surface area (Å²) in [5.74, 6) is -3.00. The lowest BCUT2D eigenvalue weighted by atomic mass is 10.1. The number of rotatable bonds is 6. The number of nitrogens with one attached hydrogen (secondary N) is 1. The summed E-state index contributed by atoms with van der Waals surface area (Å²) in [6.45, 7) is 2.91. The van der Waals surface area contributed by atoms with Gasteiger partial charge in [0.25, 0.3) is 11.7 Å². The standard InChI is InChI=1S/C26H18Cl2F3NO5/c1-13-3-4-14(2)20(9-13)36-24-23(34)17-7-6-16(11-21(17)37-25(24)26(29,30)31)35-12-22(33)32-15-5-8-18(27)19(28)10-15/h3-11H,12H2,1-2H3,(H,32,33). The normalized spacial score (nSPS) is 11.4. The van der Waals surface area contributed by atoms with Crippen molar-refractivity contribution in [1.82, 2.24) is 0 Å². The number of aryl methyl sites for hydroxylation is 2. The van der Waals surface area contributed by atoms with Gasteiger partial charge in [-0.1, -0.05) is 35.3 Å². The number of hydrogen-bond donors (Lipinski definition) is 1. The number of alkyl halides is 3. The highest BCUT2D eigenvalue weighted by molar-refractivity contribution is 6.42. The SMILES string of the molecule is Cc1ccc(C)c(Oc2c(C(F)(F)F)oc3cc(OCC(=O)Nc4ccc(Cl)c(Cl)c4)ccc3c2=O)c1. The number of carbonyl (C=O) groups excluding carboxylic acids is 1. The van der Waals surface area contributed by atoms with Crippen molar-refractivity contribution < 1.29 is 31.9 Å². The summed E-state index contributed by atoms with van der Waals surface area (Å²) in [7, 11) is 0. The van der Waals surface area contributed by atoms with Crippen LogP contribution in [0.4, 0.5) is 18.9 Å². The minimum absolute atomic E-state index is 0.0104. The fraction of sp³-hybridized carbons (Fsp3) is 0.154. The molecule has 0 bridgehead atoms. The zero-order chi connectivity index (χ0) is 26.9. The lowest BCUT2D eigenvalue weighted by Gasteiger charge is -2.15. The van der Waals surface area contributed by atoms with Gasteiger partial charge in [-0.05, 0) is 61.4 Å². The second kappa shape index (κ2) is 10.4. The topological polar surface area (TPSA) is 77.8 Å². The maximum atomic E-state index is 13.8. The molecule has 0 saturated heterocycles. The Balaban J connectivity index is 1.61. The van der Waals surface area contributed by atoms with Crippen molar-refractivity contribution in [2.24, 2.45) is 0 Å². The van der Waals surface area contributed by atoms with Gasteiger partial charge in [0.05, 0.1) is 15.4 Å². The first-order chi connectivity index (χ1) is 17.4. The third-order valence-corrected chi connectivity index (χ3v) is 5.95. The summed E-state index contributed by atoms with van der Waals surface area (Å²) < 4.78 is 57.4. The third kappa shape index (κ3) is 6.00. The Morgan fingerprint density at radius 3 is 2.46 bits per heavy atom. The van der Waals surface area contributed by atoms with Crippen LogP contribution in [0.3, 0.4) is 0 Å². The molecule has 0 spiro atoms. The van der Waals surface area contributed by atoms with Gasteiger partial charge in [0.15, 0.2) is 6.61 Å². The Kier molecular flexibility index (Phi) is 7.38. The van der Waals surface area contributed by atoms with E-state index in [4.69, 9.17) is 37.1 Å². The highest BCUT2D eigenvalue weighted by Crippen LogP contribution is 2.39. The van der Waals surface area contributed by atoms with Gasteiger partial charge in [0.1, 0.15) is 17.1 Å². The highest BCUT2D eigenvalue weighted by Gasteiger charge is 2.40. The lowest BCUT2D eigenvalue weighted by molar-refractivity contribution is -0.154. The first-order valence-electron chi connectivity index (χ1n) is 10.7. The average molecular weight is 552 g/mol. The van der Waals surface area contributed by atoms with Gasteiger partial charge >= 0.3 is 6.18 Å². The minimum Gasteiger partial charge on any atom is -0.484 e. The summed E-state index contributed by atoms with van der Waals surface area (Å²) in [5.41, 5.74) is 0.274. The van der Waals surface area contributed by atoms with E-state index in [0.717, 1.165) is 11.6 Å². The van der Waals surface area contributed by atoms with Crippen molar-refractivity contribution in [2.75, 3.05) is 11.9 Å². The number of carbonyl (C=O) groups is 1. The maximum absolute atomic E-state index is 13.8. The van der Waals surface area contributed by atoms with Crippen LogP contribution < -0.4 is 20.2 Å². The van der Waals surface area contributed by atoms with Gasteiger partial charge in [-0.2, -0.15) is 13.2 Å². The van der Waals surface area contributed by atoms with Gasteiger partial charge in [0.2, 0.25) is 11.2 Å². The first-order valence-corrected chi connectivity index (χ1v) is 11.5. The minimum atomic E-state index is -5.02. The summed E-state index contributed by atoms with van der Waals surface area (Å²) in [6, 6.07) is 13.1. The average Bonchev–Trinajstić information content (AvgIpc) is 2.83. The van der Waals surface area contributed by atoms with Crippen molar-refractivity contribution in [3.63, 3.8) is 0 Å². The number of halogens is 5. The van der Waals surface area contributed by atoms with Gasteiger partial charge < -0.3 is 19.2 Å². The number of ether oxygens (including phenoxy) is 2. The molecule has 0 aliphatic rings. The Bertz CT molecular complexity index is 1570. The fourth-order valence-electron chi connectivity index (χ4n) is 3.37. The molecular weight excluding hydrogens is 534 g/mol. The van der Waals surface area contributed by atoms with Crippen molar-refractivity contribution in [3.05, 3.63) is 91.8 Å². The van der Waals surface area contributed by atoms with Gasteiger partial charge in [-0.25, -0.2) is 0 Å². The molecule has 0 unspecified atom stereocenters. The molecule has 1 N–H and O–H groups in total. The van der Waals surface area contributed by atoms with E-state index in [-0.39, 0.29) is 27.5 Å². The van der Waals surface area contributed by atoms with E-state index in [9.17, 15) is 22.8 Å². The Labute approximate surface area is 218 Å². The van der Waals surface area contributed by atoms with E-state index in [1.165, 1.54) is 36.4 Å². The van der Waals surface area contributed by atoms with Crippen molar-refractivity contribution in [1.29, 1.82) is 0 Å². The van der Waals surface area contributed by atoms with E-state index in [0.29, 0.717) is 16.3 Å². The molecule has 1 heterocycles. The van der Waals surface area contributed by atoms with Crippen LogP contribution in [0.15, 0.2) is 63.8 Å². The van der Waals surface area contributed by atoms with Crippen LogP contribution in [0.1, 0.15) is 16.9 Å². The molecule has 0 aliphatic carbocycles. The molecule has 37 heavy (non-hydrogen) atoms. The molecule has 4 rings (SSSR count). The molecule has 11 heteroatoms. The third-order valence-electron chi connectivity index (χ3n) is 5.21. The Morgan fingerprint density at radius 2 is 1.76 bits per heavy atom. The number of anilines is 1. The summed E-state index contributed by atoms with van der Waals surface area (Å²) in [4.78, 5) is 25.2. The van der Waals surface area contributed by atoms with E-state index in [2.05, 4.69) is 5.32 Å². The van der Waals surface area contributed by atoms with E-state index < -0.39 is 35.6 Å². The van der Waals surface area contributed by atoms with Crippen LogP contribution in [0.25, 0.3) is 11.0 Å². The number of fused-ring (bicyclic) bond motifs is 1. The second-order valence-corrected chi connectivity index (χ2v) is 8.90. The molecule has 0 radical (unpaired) electrons. The second-order valence-electron chi connectivity index (χ2n) is 8.08. The molecule has 6 nitrogen and oxygen atoms in total. The van der Waals surface area contributed by atoms with E-state index in [1.807, 2.05) is 0 Å². The van der Waals surface area contributed by atoms with Crippen molar-refractivity contribution >= 4 is 45.8 Å². The highest BCUT2D eigenvalue weighted by atomic mass is 35.5. The van der Waals surface area contributed by atoms with Crippen LogP contribution in [-0.4, -0.2) is 12.5 Å². The van der Waals surface area contributed by atoms with Gasteiger partial charge in [-0.15, -0.1) is 0 Å². The Morgan fingerprint density at radius 1 is 1.00 bits per heavy atom. The Hall–Kier alpha value is -3.69. The predicted octanol–water partition coefficient (Wildman–Crippen LogP) is 7.55. The quantitative estimate of drug-likeness (QED) is 0.267. The molecule has 0 fully saturated rings. The molecular formula is C26H18Cl2F3NO5. The molecule has 0 aliphatic heterocycles. The molecule has 1 aromatic heterocycles. The largest absolute Gasteiger partial charge is 0.484 e. The van der Waals surface area contributed by atoms with Crippen LogP contribution in [0.5, 0.6) is 17.2 Å². The van der Waals surface area contributed by atoms with Crippen LogP contribution in [-0.2, 0) is 11.0 Å². The van der Waals surface area contributed by atoms with E-state index in [1.54, 1.807) is 26.0 Å². The smallest absolute Gasteiger partial charge is 0.453 e. The molecule has 0 saturated carbocycles. The monoisotopic (exact) mass is 551 g/mol. The fourth-order valence-corrected chi connectivity index (χ4v) is 3.67. The maximum Gasteiger partial charge on any atom is 0.453 e. The van der Waals surface area contributed by atoms with Crippen molar-refractivity contribution in [3.8, 4) is 17.2 Å². The van der Waals surface area contributed by atoms with Gasteiger partial charge in [0, 0.05) is 11.8 Å². The summed E-state index contributed by atoms with van der Waals surface area (Å²) in [6.07, 6.45) is -5.02. The number of hydrogen-bond acceptors (Lipinski definition) is 5.